The van der Waals surface area contributed by atoms with E-state index in [2.05, 4.69) is 20.6 Å². The fourth-order valence-corrected chi connectivity index (χ4v) is 1.84. The van der Waals surface area contributed by atoms with E-state index in [0.717, 1.165) is 5.56 Å². The number of hydrogen-bond acceptors (Lipinski definition) is 4. The highest BCUT2D eigenvalue weighted by Crippen LogP contribution is 2.24. The Kier molecular flexibility index (Phi) is 5.34. The number of nitrogens with zero attached hydrogens (tertiary/aromatic N) is 2. The van der Waals surface area contributed by atoms with Gasteiger partial charge in [-0.05, 0) is 20.8 Å². The van der Waals surface area contributed by atoms with E-state index in [1.807, 2.05) is 34.6 Å². The maximum Gasteiger partial charge on any atom is 0.227 e. The predicted molar refractivity (Wildman–Crippen MR) is 82.2 cm³/mol. The molecule has 0 saturated carbocycles. The summed E-state index contributed by atoms with van der Waals surface area (Å²) in [6.45, 7) is 10.1. The van der Waals surface area contributed by atoms with Gasteiger partial charge in [0.05, 0.1) is 5.41 Å². The van der Waals surface area contributed by atoms with E-state index < -0.39 is 5.41 Å². The van der Waals surface area contributed by atoms with E-state index in [-0.39, 0.29) is 11.8 Å². The van der Waals surface area contributed by atoms with Crippen molar-refractivity contribution >= 4 is 23.3 Å². The van der Waals surface area contributed by atoms with Crippen LogP contribution >= 0.6 is 11.6 Å². The molecule has 0 spiro atoms. The van der Waals surface area contributed by atoms with Gasteiger partial charge in [0, 0.05) is 25.1 Å². The van der Waals surface area contributed by atoms with Crippen LogP contribution in [0.4, 0.5) is 5.82 Å². The van der Waals surface area contributed by atoms with Crippen LogP contribution in [0.2, 0.25) is 5.15 Å². The number of aromatic nitrogens is 2. The lowest BCUT2D eigenvalue weighted by Crippen LogP contribution is -2.39. The summed E-state index contributed by atoms with van der Waals surface area (Å²) >= 11 is 6.13. The van der Waals surface area contributed by atoms with Gasteiger partial charge in [0.2, 0.25) is 5.91 Å². The van der Waals surface area contributed by atoms with Crippen molar-refractivity contribution in [2.24, 2.45) is 5.41 Å². The molecule has 1 amide bonds. The zero-order valence-corrected chi connectivity index (χ0v) is 13.7. The van der Waals surface area contributed by atoms with E-state index in [1.54, 1.807) is 7.05 Å². The van der Waals surface area contributed by atoms with Crippen LogP contribution in [-0.4, -0.2) is 29.5 Å². The van der Waals surface area contributed by atoms with Gasteiger partial charge in [-0.2, -0.15) is 0 Å². The lowest BCUT2D eigenvalue weighted by Gasteiger charge is -2.24. The number of amides is 1. The number of anilines is 1. The number of hydrogen-bond donors (Lipinski definition) is 2. The monoisotopic (exact) mass is 298 g/mol. The van der Waals surface area contributed by atoms with E-state index in [9.17, 15) is 4.79 Å². The fourth-order valence-electron chi connectivity index (χ4n) is 1.66. The highest BCUT2D eigenvalue weighted by atomic mass is 35.5. The molecule has 0 atom stereocenters. The molecule has 0 unspecified atom stereocenters. The zero-order chi connectivity index (χ0) is 15.5. The molecule has 0 radical (unpaired) electrons. The molecular formula is C14H23ClN4O. The summed E-state index contributed by atoms with van der Waals surface area (Å²) in [5.41, 5.74) is 0.264. The van der Waals surface area contributed by atoms with Crippen LogP contribution in [0.5, 0.6) is 0 Å². The topological polar surface area (TPSA) is 66.9 Å². The first-order chi connectivity index (χ1) is 9.19. The number of rotatable bonds is 5. The van der Waals surface area contributed by atoms with Gasteiger partial charge in [0.15, 0.2) is 0 Å². The molecule has 0 bridgehead atoms. The van der Waals surface area contributed by atoms with Crippen molar-refractivity contribution in [3.05, 3.63) is 16.5 Å². The van der Waals surface area contributed by atoms with Gasteiger partial charge in [-0.25, -0.2) is 9.97 Å². The van der Waals surface area contributed by atoms with Crippen molar-refractivity contribution < 1.29 is 4.79 Å². The molecular weight excluding hydrogens is 276 g/mol. The number of halogens is 1. The van der Waals surface area contributed by atoms with Gasteiger partial charge < -0.3 is 10.6 Å². The quantitative estimate of drug-likeness (QED) is 0.820. The molecule has 5 nitrogen and oxygen atoms in total. The molecule has 0 saturated heterocycles. The summed E-state index contributed by atoms with van der Waals surface area (Å²) in [5.74, 6) is 1.55. The highest BCUT2D eigenvalue weighted by molar-refractivity contribution is 6.30. The predicted octanol–water partition coefficient (Wildman–Crippen LogP) is 2.75. The smallest absolute Gasteiger partial charge is 0.227 e. The van der Waals surface area contributed by atoms with Gasteiger partial charge in [0.1, 0.15) is 16.8 Å². The van der Waals surface area contributed by atoms with Crippen molar-refractivity contribution in [2.45, 2.75) is 40.5 Å². The van der Waals surface area contributed by atoms with E-state index in [1.165, 1.54) is 0 Å². The van der Waals surface area contributed by atoms with Crippen molar-refractivity contribution in [1.82, 2.24) is 15.3 Å². The standard InChI is InChI=1S/C14H23ClN4O/c1-8(2)11-18-10(15)9(3)12(19-11)17-7-14(4,5)13(20)16-6/h8H,7H2,1-6H3,(H,16,20)(H,17,18,19). The Bertz CT molecular complexity index is 500. The van der Waals surface area contributed by atoms with Crippen LogP contribution in [0.15, 0.2) is 0 Å². The molecule has 20 heavy (non-hydrogen) atoms. The van der Waals surface area contributed by atoms with Gasteiger partial charge in [-0.1, -0.05) is 25.4 Å². The third-order valence-corrected chi connectivity index (χ3v) is 3.53. The summed E-state index contributed by atoms with van der Waals surface area (Å²) in [5, 5.41) is 6.32. The minimum atomic E-state index is -0.531. The van der Waals surface area contributed by atoms with Crippen LogP contribution < -0.4 is 10.6 Å². The Balaban J connectivity index is 2.95. The summed E-state index contributed by atoms with van der Waals surface area (Å²) in [4.78, 5) is 20.5. The molecule has 112 valence electrons. The first-order valence-electron chi connectivity index (χ1n) is 6.69. The fraction of sp³-hybridized carbons (Fsp3) is 0.643. The second kappa shape index (κ2) is 6.39. The summed E-state index contributed by atoms with van der Waals surface area (Å²) in [6, 6.07) is 0. The Labute approximate surface area is 125 Å². The Hall–Kier alpha value is -1.36. The number of carbonyl (C=O) groups excluding carboxylic acids is 1. The molecule has 1 heterocycles. The van der Waals surface area contributed by atoms with Gasteiger partial charge in [-0.15, -0.1) is 0 Å². The number of nitrogens with one attached hydrogen (secondary N) is 2. The molecule has 2 N–H and O–H groups in total. The second-order valence-corrected chi connectivity index (χ2v) is 6.18. The van der Waals surface area contributed by atoms with Gasteiger partial charge >= 0.3 is 0 Å². The van der Waals surface area contributed by atoms with Crippen LogP contribution in [-0.2, 0) is 4.79 Å². The molecule has 1 aromatic rings. The lowest BCUT2D eigenvalue weighted by atomic mass is 9.92. The van der Waals surface area contributed by atoms with E-state index in [0.29, 0.717) is 23.3 Å². The molecule has 1 aromatic heterocycles. The van der Waals surface area contributed by atoms with Crippen LogP contribution in [0.25, 0.3) is 0 Å². The number of carbonyl (C=O) groups is 1. The molecule has 0 aliphatic heterocycles. The van der Waals surface area contributed by atoms with E-state index >= 15 is 0 Å². The minimum absolute atomic E-state index is 0.0214. The van der Waals surface area contributed by atoms with Crippen molar-refractivity contribution in [1.29, 1.82) is 0 Å². The van der Waals surface area contributed by atoms with Gasteiger partial charge in [-0.3, -0.25) is 4.79 Å². The summed E-state index contributed by atoms with van der Waals surface area (Å²) in [6.07, 6.45) is 0. The third-order valence-electron chi connectivity index (χ3n) is 3.16. The maximum absolute atomic E-state index is 11.8. The van der Waals surface area contributed by atoms with Crippen LogP contribution in [0, 0.1) is 12.3 Å². The average molecular weight is 299 g/mol. The largest absolute Gasteiger partial charge is 0.369 e. The average Bonchev–Trinajstić information content (AvgIpc) is 2.38. The van der Waals surface area contributed by atoms with Crippen LogP contribution in [0.1, 0.15) is 45.0 Å². The molecule has 0 aliphatic carbocycles. The lowest BCUT2D eigenvalue weighted by molar-refractivity contribution is -0.128. The normalized spacial score (nSPS) is 11.6. The van der Waals surface area contributed by atoms with Crippen molar-refractivity contribution in [3.63, 3.8) is 0 Å². The molecule has 6 heteroatoms. The zero-order valence-electron chi connectivity index (χ0n) is 13.0. The third kappa shape index (κ3) is 3.82. The van der Waals surface area contributed by atoms with Crippen LogP contribution in [0.3, 0.4) is 0 Å². The van der Waals surface area contributed by atoms with Crippen molar-refractivity contribution in [3.8, 4) is 0 Å². The highest BCUT2D eigenvalue weighted by Gasteiger charge is 2.27. The minimum Gasteiger partial charge on any atom is -0.369 e. The Morgan fingerprint density at radius 3 is 2.45 bits per heavy atom. The van der Waals surface area contributed by atoms with Crippen molar-refractivity contribution in [2.75, 3.05) is 18.9 Å². The van der Waals surface area contributed by atoms with Gasteiger partial charge in [0.25, 0.3) is 0 Å². The summed E-state index contributed by atoms with van der Waals surface area (Å²) in [7, 11) is 1.63. The first kappa shape index (κ1) is 16.7. The maximum atomic E-state index is 11.8. The van der Waals surface area contributed by atoms with E-state index in [4.69, 9.17) is 11.6 Å². The molecule has 1 rings (SSSR count). The molecule has 0 aromatic carbocycles. The summed E-state index contributed by atoms with van der Waals surface area (Å²) < 4.78 is 0. The Morgan fingerprint density at radius 2 is 1.95 bits per heavy atom. The molecule has 0 fully saturated rings. The molecule has 0 aliphatic rings. The second-order valence-electron chi connectivity index (χ2n) is 5.82. The first-order valence-corrected chi connectivity index (χ1v) is 7.07. The Morgan fingerprint density at radius 1 is 1.35 bits per heavy atom. The SMILES string of the molecule is CNC(=O)C(C)(C)CNc1nc(C(C)C)nc(Cl)c1C.